The maximum Gasteiger partial charge on any atom is 0.198 e. The number of hydrogen-bond acceptors (Lipinski definition) is 2. The average molecular weight is 196 g/mol. The summed E-state index contributed by atoms with van der Waals surface area (Å²) in [7, 11) is 0. The highest BCUT2D eigenvalue weighted by molar-refractivity contribution is 6.34. The van der Waals surface area contributed by atoms with E-state index in [-0.39, 0.29) is 0 Å². The van der Waals surface area contributed by atoms with Gasteiger partial charge in [0.05, 0.1) is 5.02 Å². The Kier molecular flexibility index (Phi) is 2.00. The van der Waals surface area contributed by atoms with E-state index in [1.54, 1.807) is 0 Å². The van der Waals surface area contributed by atoms with Crippen molar-refractivity contribution in [1.82, 2.24) is 4.98 Å². The molecule has 13 heavy (non-hydrogen) atoms. The van der Waals surface area contributed by atoms with Gasteiger partial charge < -0.3 is 4.42 Å². The van der Waals surface area contributed by atoms with Crippen LogP contribution in [0, 0.1) is 0 Å². The number of aromatic nitrogens is 1. The van der Waals surface area contributed by atoms with Gasteiger partial charge in [0, 0.05) is 5.92 Å². The van der Waals surface area contributed by atoms with E-state index < -0.39 is 0 Å². The fraction of sp³-hybridized carbons (Fsp3) is 0.300. The minimum atomic E-state index is 0.295. The first-order valence-electron chi connectivity index (χ1n) is 4.23. The molecular weight excluding hydrogens is 186 g/mol. The first kappa shape index (κ1) is 8.57. The molecule has 0 radical (unpaired) electrons. The van der Waals surface area contributed by atoms with Gasteiger partial charge in [0.1, 0.15) is 5.52 Å². The van der Waals surface area contributed by atoms with E-state index in [9.17, 15) is 0 Å². The molecular formula is C10H10ClNO. The minimum Gasteiger partial charge on any atom is -0.440 e. The van der Waals surface area contributed by atoms with E-state index in [0.29, 0.717) is 10.9 Å². The second-order valence-electron chi connectivity index (χ2n) is 3.29. The lowest BCUT2D eigenvalue weighted by atomic mass is 10.2. The van der Waals surface area contributed by atoms with Crippen LogP contribution in [0.2, 0.25) is 5.02 Å². The molecule has 3 heteroatoms. The van der Waals surface area contributed by atoms with Gasteiger partial charge in [-0.25, -0.2) is 4.98 Å². The zero-order chi connectivity index (χ0) is 9.42. The topological polar surface area (TPSA) is 26.0 Å². The van der Waals surface area contributed by atoms with Crippen LogP contribution in [0.1, 0.15) is 25.7 Å². The molecule has 0 amide bonds. The van der Waals surface area contributed by atoms with E-state index in [1.807, 2.05) is 32.0 Å². The second-order valence-corrected chi connectivity index (χ2v) is 3.70. The van der Waals surface area contributed by atoms with Crippen LogP contribution in [0.4, 0.5) is 0 Å². The van der Waals surface area contributed by atoms with E-state index in [0.717, 1.165) is 17.0 Å². The molecule has 0 unspecified atom stereocenters. The van der Waals surface area contributed by atoms with Crippen molar-refractivity contribution in [3.05, 3.63) is 29.1 Å². The van der Waals surface area contributed by atoms with Crippen LogP contribution in [-0.4, -0.2) is 4.98 Å². The van der Waals surface area contributed by atoms with Crippen LogP contribution >= 0.6 is 11.6 Å². The second kappa shape index (κ2) is 3.04. The molecule has 0 aliphatic rings. The van der Waals surface area contributed by atoms with Crippen LogP contribution in [0.15, 0.2) is 22.6 Å². The zero-order valence-corrected chi connectivity index (χ0v) is 8.30. The Balaban J connectivity index is 2.68. The van der Waals surface area contributed by atoms with Gasteiger partial charge in [-0.3, -0.25) is 0 Å². The molecule has 1 heterocycles. The third kappa shape index (κ3) is 1.42. The lowest BCUT2D eigenvalue weighted by Crippen LogP contribution is -1.84. The third-order valence-electron chi connectivity index (χ3n) is 1.88. The van der Waals surface area contributed by atoms with Crippen molar-refractivity contribution in [2.75, 3.05) is 0 Å². The number of halogens is 1. The predicted molar refractivity (Wildman–Crippen MR) is 53.1 cm³/mol. The Bertz CT molecular complexity index is 433. The highest BCUT2D eigenvalue weighted by atomic mass is 35.5. The molecule has 1 aromatic carbocycles. The highest BCUT2D eigenvalue weighted by Gasteiger charge is 2.10. The lowest BCUT2D eigenvalue weighted by molar-refractivity contribution is 0.501. The lowest BCUT2D eigenvalue weighted by Gasteiger charge is -1.93. The maximum absolute atomic E-state index is 5.95. The third-order valence-corrected chi connectivity index (χ3v) is 2.19. The quantitative estimate of drug-likeness (QED) is 0.695. The Morgan fingerprint density at radius 2 is 2.15 bits per heavy atom. The Morgan fingerprint density at radius 3 is 2.77 bits per heavy atom. The number of fused-ring (bicyclic) bond motifs is 1. The average Bonchev–Trinajstić information content (AvgIpc) is 2.49. The van der Waals surface area contributed by atoms with Gasteiger partial charge >= 0.3 is 0 Å². The highest BCUT2D eigenvalue weighted by Crippen LogP contribution is 2.26. The van der Waals surface area contributed by atoms with Gasteiger partial charge in [0.25, 0.3) is 0 Å². The molecule has 2 nitrogen and oxygen atoms in total. The Morgan fingerprint density at radius 1 is 1.38 bits per heavy atom. The number of hydrogen-bond donors (Lipinski definition) is 0. The van der Waals surface area contributed by atoms with Gasteiger partial charge in [0.2, 0.25) is 0 Å². The fourth-order valence-corrected chi connectivity index (χ4v) is 1.39. The van der Waals surface area contributed by atoms with E-state index in [1.165, 1.54) is 0 Å². The van der Waals surface area contributed by atoms with E-state index >= 15 is 0 Å². The van der Waals surface area contributed by atoms with Crippen LogP contribution < -0.4 is 0 Å². The number of para-hydroxylation sites is 1. The molecule has 2 aromatic rings. The predicted octanol–water partition coefficient (Wildman–Crippen LogP) is 3.60. The Hall–Kier alpha value is -1.02. The largest absolute Gasteiger partial charge is 0.440 e. The number of oxazole rings is 1. The standard InChI is InChI=1S/C10H10ClNO/c1-6(2)10-12-9-7(11)4-3-5-8(9)13-10/h3-6H,1-2H3. The zero-order valence-electron chi connectivity index (χ0n) is 7.54. The summed E-state index contributed by atoms with van der Waals surface area (Å²) in [6.45, 7) is 4.08. The molecule has 0 spiro atoms. The van der Waals surface area contributed by atoms with E-state index in [2.05, 4.69) is 4.98 Å². The SMILES string of the molecule is CC(C)c1nc2c(Cl)cccc2o1. The molecule has 0 aliphatic heterocycles. The molecule has 0 bridgehead atoms. The van der Waals surface area contributed by atoms with Crippen LogP contribution in [-0.2, 0) is 0 Å². The van der Waals surface area contributed by atoms with E-state index in [4.69, 9.17) is 16.0 Å². The summed E-state index contributed by atoms with van der Waals surface area (Å²) in [5.41, 5.74) is 1.52. The van der Waals surface area contributed by atoms with Crippen molar-refractivity contribution < 1.29 is 4.42 Å². The summed E-state index contributed by atoms with van der Waals surface area (Å²) in [5.74, 6) is 1.03. The fourth-order valence-electron chi connectivity index (χ4n) is 1.18. The molecule has 0 fully saturated rings. The van der Waals surface area contributed by atoms with Gasteiger partial charge in [0.15, 0.2) is 11.5 Å². The normalized spacial score (nSPS) is 11.4. The van der Waals surface area contributed by atoms with Gasteiger partial charge in [-0.2, -0.15) is 0 Å². The van der Waals surface area contributed by atoms with Crippen molar-refractivity contribution in [2.45, 2.75) is 19.8 Å². The Labute approximate surface area is 81.5 Å². The summed E-state index contributed by atoms with van der Waals surface area (Å²) in [6, 6.07) is 5.55. The first-order chi connectivity index (χ1) is 6.18. The monoisotopic (exact) mass is 195 g/mol. The van der Waals surface area contributed by atoms with Crippen LogP contribution in [0.5, 0.6) is 0 Å². The summed E-state index contributed by atoms with van der Waals surface area (Å²) < 4.78 is 5.51. The summed E-state index contributed by atoms with van der Waals surface area (Å²) >= 11 is 5.95. The molecule has 0 saturated heterocycles. The molecule has 2 rings (SSSR count). The smallest absolute Gasteiger partial charge is 0.198 e. The summed E-state index contributed by atoms with van der Waals surface area (Å²) in [6.07, 6.45) is 0. The van der Waals surface area contributed by atoms with Crippen molar-refractivity contribution in [1.29, 1.82) is 0 Å². The van der Waals surface area contributed by atoms with Gasteiger partial charge in [-0.15, -0.1) is 0 Å². The summed E-state index contributed by atoms with van der Waals surface area (Å²) in [4.78, 5) is 4.31. The van der Waals surface area contributed by atoms with Crippen molar-refractivity contribution in [2.24, 2.45) is 0 Å². The first-order valence-corrected chi connectivity index (χ1v) is 4.61. The van der Waals surface area contributed by atoms with Crippen molar-refractivity contribution in [3.8, 4) is 0 Å². The number of benzene rings is 1. The minimum absolute atomic E-state index is 0.295. The molecule has 0 N–H and O–H groups in total. The van der Waals surface area contributed by atoms with Crippen LogP contribution in [0.25, 0.3) is 11.1 Å². The van der Waals surface area contributed by atoms with Crippen molar-refractivity contribution in [3.63, 3.8) is 0 Å². The summed E-state index contributed by atoms with van der Waals surface area (Å²) in [5, 5.41) is 0.646. The molecule has 0 atom stereocenters. The number of rotatable bonds is 1. The van der Waals surface area contributed by atoms with Crippen LogP contribution in [0.3, 0.4) is 0 Å². The molecule has 68 valence electrons. The maximum atomic E-state index is 5.95. The molecule has 0 aliphatic carbocycles. The molecule has 1 aromatic heterocycles. The van der Waals surface area contributed by atoms with Gasteiger partial charge in [-0.05, 0) is 12.1 Å². The number of nitrogens with zero attached hydrogens (tertiary/aromatic N) is 1. The van der Waals surface area contributed by atoms with Crippen molar-refractivity contribution >= 4 is 22.7 Å². The van der Waals surface area contributed by atoms with Gasteiger partial charge in [-0.1, -0.05) is 31.5 Å². The molecule has 0 saturated carbocycles.